The SMILES string of the molecule is CC(C)(C)OC(O)=C1CC1. The van der Waals surface area contributed by atoms with Crippen molar-refractivity contribution in [1.29, 1.82) is 0 Å². The van der Waals surface area contributed by atoms with Crippen molar-refractivity contribution in [2.24, 2.45) is 0 Å². The van der Waals surface area contributed by atoms with E-state index in [2.05, 4.69) is 0 Å². The summed E-state index contributed by atoms with van der Waals surface area (Å²) in [6.45, 7) is 5.77. The lowest BCUT2D eigenvalue weighted by atomic mass is 10.2. The standard InChI is InChI=1S/C8H14O2/c1-8(2,3)10-7(9)6-4-5-6/h9H,4-5H2,1-3H3. The van der Waals surface area contributed by atoms with Gasteiger partial charge in [-0.2, -0.15) is 0 Å². The number of aliphatic hydroxyl groups excluding tert-OH is 1. The summed E-state index contributed by atoms with van der Waals surface area (Å²) in [5, 5.41) is 9.18. The maximum absolute atomic E-state index is 9.18. The molecule has 0 aliphatic heterocycles. The summed E-state index contributed by atoms with van der Waals surface area (Å²) in [5.74, 6) is 0.146. The Morgan fingerprint density at radius 1 is 1.40 bits per heavy atom. The van der Waals surface area contributed by atoms with E-state index in [1.54, 1.807) is 0 Å². The van der Waals surface area contributed by atoms with Gasteiger partial charge in [0, 0.05) is 5.57 Å². The Bertz CT molecular complexity index is 157. The van der Waals surface area contributed by atoms with Gasteiger partial charge in [0.25, 0.3) is 5.95 Å². The summed E-state index contributed by atoms with van der Waals surface area (Å²) < 4.78 is 5.20. The predicted molar refractivity (Wildman–Crippen MR) is 39.7 cm³/mol. The second-order valence-electron chi connectivity index (χ2n) is 3.62. The first kappa shape index (κ1) is 7.45. The molecule has 1 N–H and O–H groups in total. The Labute approximate surface area is 61.5 Å². The molecule has 2 nitrogen and oxygen atoms in total. The molecule has 0 atom stereocenters. The second kappa shape index (κ2) is 2.19. The smallest absolute Gasteiger partial charge is 0.276 e. The van der Waals surface area contributed by atoms with E-state index in [-0.39, 0.29) is 11.5 Å². The summed E-state index contributed by atoms with van der Waals surface area (Å²) in [5.41, 5.74) is 0.787. The van der Waals surface area contributed by atoms with Crippen molar-refractivity contribution in [3.05, 3.63) is 11.5 Å². The zero-order valence-corrected chi connectivity index (χ0v) is 6.77. The molecule has 0 aromatic carbocycles. The highest BCUT2D eigenvalue weighted by Gasteiger charge is 2.22. The Balaban J connectivity index is 2.46. The molecule has 58 valence electrons. The lowest BCUT2D eigenvalue weighted by Crippen LogP contribution is -2.18. The molecule has 0 unspecified atom stereocenters. The zero-order chi connectivity index (χ0) is 7.78. The first-order valence-electron chi connectivity index (χ1n) is 3.59. The molecule has 0 spiro atoms. The first-order chi connectivity index (χ1) is 4.49. The second-order valence-corrected chi connectivity index (χ2v) is 3.62. The molecule has 0 radical (unpaired) electrons. The quantitative estimate of drug-likeness (QED) is 0.569. The maximum atomic E-state index is 9.18. The molecule has 1 aliphatic rings. The fourth-order valence-corrected chi connectivity index (χ4v) is 0.639. The molecule has 0 amide bonds. The van der Waals surface area contributed by atoms with Crippen LogP contribution < -0.4 is 0 Å². The van der Waals surface area contributed by atoms with Gasteiger partial charge in [0.2, 0.25) is 0 Å². The third kappa shape index (κ3) is 2.29. The highest BCUT2D eigenvalue weighted by atomic mass is 16.6. The van der Waals surface area contributed by atoms with Crippen molar-refractivity contribution in [3.8, 4) is 0 Å². The van der Waals surface area contributed by atoms with Gasteiger partial charge in [-0.05, 0) is 33.6 Å². The molecule has 10 heavy (non-hydrogen) atoms. The number of hydrogen-bond donors (Lipinski definition) is 1. The number of allylic oxidation sites excluding steroid dienone is 1. The average Bonchev–Trinajstić information content (AvgIpc) is 2.35. The minimum Gasteiger partial charge on any atom is -0.481 e. The normalized spacial score (nSPS) is 16.9. The molecule has 1 aliphatic carbocycles. The average molecular weight is 142 g/mol. The van der Waals surface area contributed by atoms with Crippen LogP contribution in [0.25, 0.3) is 0 Å². The van der Waals surface area contributed by atoms with Crippen molar-refractivity contribution in [2.45, 2.75) is 39.2 Å². The van der Waals surface area contributed by atoms with E-state index in [4.69, 9.17) is 4.74 Å². The van der Waals surface area contributed by atoms with Crippen molar-refractivity contribution >= 4 is 0 Å². The monoisotopic (exact) mass is 142 g/mol. The maximum Gasteiger partial charge on any atom is 0.276 e. The molecule has 1 saturated carbocycles. The Hall–Kier alpha value is -0.660. The highest BCUT2D eigenvalue weighted by Crippen LogP contribution is 2.32. The van der Waals surface area contributed by atoms with Crippen LogP contribution in [0.5, 0.6) is 0 Å². The summed E-state index contributed by atoms with van der Waals surface area (Å²) >= 11 is 0. The fraction of sp³-hybridized carbons (Fsp3) is 0.750. The zero-order valence-electron chi connectivity index (χ0n) is 6.77. The number of hydrogen-bond acceptors (Lipinski definition) is 2. The van der Waals surface area contributed by atoms with Gasteiger partial charge in [-0.3, -0.25) is 0 Å². The predicted octanol–water partition coefficient (Wildman–Crippen LogP) is 2.36. The highest BCUT2D eigenvalue weighted by molar-refractivity contribution is 5.17. The van der Waals surface area contributed by atoms with Gasteiger partial charge in [-0.1, -0.05) is 0 Å². The molecule has 0 heterocycles. The van der Waals surface area contributed by atoms with Gasteiger partial charge < -0.3 is 9.84 Å². The molecule has 0 aromatic heterocycles. The molecular formula is C8H14O2. The molecule has 0 aromatic rings. The summed E-state index contributed by atoms with van der Waals surface area (Å²) in [6.07, 6.45) is 2.00. The minimum absolute atomic E-state index is 0.146. The van der Waals surface area contributed by atoms with Gasteiger partial charge in [0.05, 0.1) is 0 Å². The van der Waals surface area contributed by atoms with E-state index in [0.717, 1.165) is 18.4 Å². The van der Waals surface area contributed by atoms with Crippen molar-refractivity contribution in [1.82, 2.24) is 0 Å². The molecule has 0 bridgehead atoms. The van der Waals surface area contributed by atoms with Gasteiger partial charge in [0.15, 0.2) is 0 Å². The van der Waals surface area contributed by atoms with Crippen LogP contribution in [0, 0.1) is 0 Å². The number of rotatable bonds is 1. The first-order valence-corrected chi connectivity index (χ1v) is 3.59. The van der Waals surface area contributed by atoms with Crippen LogP contribution in [0.3, 0.4) is 0 Å². The van der Waals surface area contributed by atoms with Crippen molar-refractivity contribution < 1.29 is 9.84 Å². The molecule has 2 heteroatoms. The summed E-state index contributed by atoms with van der Waals surface area (Å²) in [6, 6.07) is 0. The number of ether oxygens (including phenoxy) is 1. The lowest BCUT2D eigenvalue weighted by molar-refractivity contribution is -0.0157. The summed E-state index contributed by atoms with van der Waals surface area (Å²) in [7, 11) is 0. The van der Waals surface area contributed by atoms with E-state index < -0.39 is 0 Å². The van der Waals surface area contributed by atoms with Gasteiger partial charge in [-0.15, -0.1) is 0 Å². The fourth-order valence-electron chi connectivity index (χ4n) is 0.639. The Morgan fingerprint density at radius 2 is 1.90 bits per heavy atom. The van der Waals surface area contributed by atoms with E-state index in [0.29, 0.717) is 0 Å². The number of aliphatic hydroxyl groups is 1. The van der Waals surface area contributed by atoms with Crippen LogP contribution >= 0.6 is 0 Å². The topological polar surface area (TPSA) is 29.5 Å². The van der Waals surface area contributed by atoms with Crippen molar-refractivity contribution in [2.75, 3.05) is 0 Å². The van der Waals surface area contributed by atoms with Crippen LogP contribution in [0.15, 0.2) is 11.5 Å². The molecule has 1 rings (SSSR count). The van der Waals surface area contributed by atoms with Crippen LogP contribution in [0.2, 0.25) is 0 Å². The van der Waals surface area contributed by atoms with Crippen LogP contribution in [-0.2, 0) is 4.74 Å². The van der Waals surface area contributed by atoms with Crippen molar-refractivity contribution in [3.63, 3.8) is 0 Å². The third-order valence-corrected chi connectivity index (χ3v) is 1.21. The summed E-state index contributed by atoms with van der Waals surface area (Å²) in [4.78, 5) is 0. The van der Waals surface area contributed by atoms with Gasteiger partial charge >= 0.3 is 0 Å². The van der Waals surface area contributed by atoms with Crippen LogP contribution in [0.4, 0.5) is 0 Å². The minimum atomic E-state index is -0.264. The Morgan fingerprint density at radius 3 is 2.20 bits per heavy atom. The lowest BCUT2D eigenvalue weighted by Gasteiger charge is -2.19. The van der Waals surface area contributed by atoms with E-state index in [9.17, 15) is 5.11 Å². The molecule has 1 fully saturated rings. The Kier molecular flexibility index (Phi) is 1.63. The van der Waals surface area contributed by atoms with Gasteiger partial charge in [0.1, 0.15) is 5.60 Å². The van der Waals surface area contributed by atoms with Crippen LogP contribution in [0.1, 0.15) is 33.6 Å². The molecule has 0 saturated heterocycles. The van der Waals surface area contributed by atoms with Crippen LogP contribution in [-0.4, -0.2) is 10.7 Å². The molecular weight excluding hydrogens is 128 g/mol. The third-order valence-electron chi connectivity index (χ3n) is 1.21. The van der Waals surface area contributed by atoms with E-state index in [1.807, 2.05) is 20.8 Å². The largest absolute Gasteiger partial charge is 0.481 e. The van der Waals surface area contributed by atoms with Gasteiger partial charge in [-0.25, -0.2) is 0 Å². The van der Waals surface area contributed by atoms with E-state index >= 15 is 0 Å². The van der Waals surface area contributed by atoms with E-state index in [1.165, 1.54) is 0 Å².